The van der Waals surface area contributed by atoms with Crippen molar-refractivity contribution >= 4 is 15.9 Å². The van der Waals surface area contributed by atoms with Gasteiger partial charge in [0.05, 0.1) is 15.9 Å². The molecule has 20 heavy (non-hydrogen) atoms. The molecule has 0 fully saturated rings. The minimum Gasteiger partial charge on any atom is -0.328 e. The highest BCUT2D eigenvalue weighted by atomic mass is 79.9. The second-order valence-corrected chi connectivity index (χ2v) is 5.78. The first kappa shape index (κ1) is 15.1. The van der Waals surface area contributed by atoms with Gasteiger partial charge in [0.25, 0.3) is 0 Å². The molecule has 0 amide bonds. The van der Waals surface area contributed by atoms with Crippen LogP contribution in [0, 0.1) is 25.5 Å². The molecule has 1 aromatic heterocycles. The van der Waals surface area contributed by atoms with Crippen molar-refractivity contribution in [2.24, 2.45) is 5.73 Å². The lowest BCUT2D eigenvalue weighted by Gasteiger charge is -2.11. The zero-order valence-electron chi connectivity index (χ0n) is 11.5. The van der Waals surface area contributed by atoms with Gasteiger partial charge >= 0.3 is 0 Å². The van der Waals surface area contributed by atoms with Crippen LogP contribution in [0.1, 0.15) is 23.9 Å². The topological polar surface area (TPSA) is 43.8 Å². The lowest BCUT2D eigenvalue weighted by Crippen LogP contribution is -2.18. The molecule has 6 heteroatoms. The second kappa shape index (κ2) is 5.61. The van der Waals surface area contributed by atoms with Crippen LogP contribution in [0.4, 0.5) is 8.78 Å². The summed E-state index contributed by atoms with van der Waals surface area (Å²) in [5.74, 6) is -1.28. The SMILES string of the molecule is Cc1nn(-c2c(F)cc(CC(C)N)cc2F)c(C)c1Br. The van der Waals surface area contributed by atoms with Gasteiger partial charge in [-0.15, -0.1) is 0 Å². The van der Waals surface area contributed by atoms with Crippen molar-refractivity contribution in [3.05, 3.63) is 45.2 Å². The summed E-state index contributed by atoms with van der Waals surface area (Å²) in [5.41, 5.74) is 7.37. The van der Waals surface area contributed by atoms with E-state index in [1.54, 1.807) is 20.8 Å². The first-order chi connectivity index (χ1) is 9.31. The van der Waals surface area contributed by atoms with Crippen molar-refractivity contribution in [1.29, 1.82) is 0 Å². The molecule has 3 nitrogen and oxygen atoms in total. The fraction of sp³-hybridized carbons (Fsp3) is 0.357. The van der Waals surface area contributed by atoms with Crippen LogP contribution in [0.15, 0.2) is 16.6 Å². The molecule has 0 aliphatic heterocycles. The molecule has 1 atom stereocenters. The summed E-state index contributed by atoms with van der Waals surface area (Å²) >= 11 is 3.35. The van der Waals surface area contributed by atoms with Crippen molar-refractivity contribution < 1.29 is 8.78 Å². The Morgan fingerprint density at radius 1 is 1.30 bits per heavy atom. The Morgan fingerprint density at radius 3 is 2.25 bits per heavy atom. The number of halogens is 3. The number of rotatable bonds is 3. The van der Waals surface area contributed by atoms with Crippen LogP contribution in [0.25, 0.3) is 5.69 Å². The van der Waals surface area contributed by atoms with Crippen LogP contribution < -0.4 is 5.73 Å². The standard InChI is InChI=1S/C14H16BrF2N3/c1-7(18)4-10-5-11(16)14(12(17)6-10)20-9(3)13(15)8(2)19-20/h5-7H,4,18H2,1-3H3. The van der Waals surface area contributed by atoms with E-state index < -0.39 is 11.6 Å². The van der Waals surface area contributed by atoms with Gasteiger partial charge in [0.2, 0.25) is 0 Å². The molecule has 0 saturated heterocycles. The number of nitrogens with two attached hydrogens (primary N) is 1. The molecule has 0 radical (unpaired) electrons. The molecule has 0 saturated carbocycles. The number of hydrogen-bond donors (Lipinski definition) is 1. The highest BCUT2D eigenvalue weighted by Gasteiger charge is 2.18. The lowest BCUT2D eigenvalue weighted by molar-refractivity contribution is 0.552. The zero-order valence-corrected chi connectivity index (χ0v) is 13.1. The Balaban J connectivity index is 2.55. The van der Waals surface area contributed by atoms with Crippen molar-refractivity contribution in [2.75, 3.05) is 0 Å². The number of nitrogens with zero attached hydrogens (tertiary/aromatic N) is 2. The van der Waals surface area contributed by atoms with Gasteiger partial charge in [0, 0.05) is 6.04 Å². The minimum absolute atomic E-state index is 0.150. The predicted molar refractivity (Wildman–Crippen MR) is 78.0 cm³/mol. The predicted octanol–water partition coefficient (Wildman–Crippen LogP) is 3.42. The second-order valence-electron chi connectivity index (χ2n) is 4.99. The summed E-state index contributed by atoms with van der Waals surface area (Å²) in [6, 6.07) is 2.47. The van der Waals surface area contributed by atoms with Crippen molar-refractivity contribution in [3.8, 4) is 5.69 Å². The molecule has 1 heterocycles. The van der Waals surface area contributed by atoms with E-state index in [0.29, 0.717) is 23.4 Å². The van der Waals surface area contributed by atoms with Gasteiger partial charge in [-0.05, 0) is 60.8 Å². The summed E-state index contributed by atoms with van der Waals surface area (Å²) < 4.78 is 30.4. The van der Waals surface area contributed by atoms with Gasteiger partial charge in [0.15, 0.2) is 11.6 Å². The molecular formula is C14H16BrF2N3. The fourth-order valence-corrected chi connectivity index (χ4v) is 2.40. The summed E-state index contributed by atoms with van der Waals surface area (Å²) in [7, 11) is 0. The van der Waals surface area contributed by atoms with Crippen molar-refractivity contribution in [1.82, 2.24) is 9.78 Å². The summed E-state index contributed by atoms with van der Waals surface area (Å²) in [4.78, 5) is 0. The Morgan fingerprint density at radius 2 is 1.85 bits per heavy atom. The molecule has 1 aromatic carbocycles. The number of aryl methyl sites for hydroxylation is 1. The summed E-state index contributed by atoms with van der Waals surface area (Å²) in [6.45, 7) is 5.31. The van der Waals surface area contributed by atoms with E-state index in [2.05, 4.69) is 21.0 Å². The third-order valence-corrected chi connectivity index (χ3v) is 4.20. The van der Waals surface area contributed by atoms with E-state index in [-0.39, 0.29) is 11.7 Å². The third-order valence-electron chi connectivity index (χ3n) is 3.05. The smallest absolute Gasteiger partial charge is 0.152 e. The lowest BCUT2D eigenvalue weighted by atomic mass is 10.1. The molecule has 108 valence electrons. The van der Waals surface area contributed by atoms with E-state index in [0.717, 1.165) is 4.47 Å². The normalized spacial score (nSPS) is 12.8. The average Bonchev–Trinajstić information content (AvgIpc) is 2.56. The summed E-state index contributed by atoms with van der Waals surface area (Å²) in [6.07, 6.45) is 0.426. The molecule has 1 unspecified atom stereocenters. The van der Waals surface area contributed by atoms with Gasteiger partial charge in [0.1, 0.15) is 5.69 Å². The molecular weight excluding hydrogens is 328 g/mol. The van der Waals surface area contributed by atoms with E-state index in [1.165, 1.54) is 16.8 Å². The first-order valence-electron chi connectivity index (χ1n) is 6.26. The van der Waals surface area contributed by atoms with Crippen molar-refractivity contribution in [2.45, 2.75) is 33.2 Å². The van der Waals surface area contributed by atoms with Crippen LogP contribution in [-0.2, 0) is 6.42 Å². The molecule has 0 bridgehead atoms. The van der Waals surface area contributed by atoms with Crippen LogP contribution in [-0.4, -0.2) is 15.8 Å². The number of hydrogen-bond acceptors (Lipinski definition) is 2. The Kier molecular flexibility index (Phi) is 4.25. The minimum atomic E-state index is -0.640. The Hall–Kier alpha value is -1.27. The highest BCUT2D eigenvalue weighted by molar-refractivity contribution is 9.10. The first-order valence-corrected chi connectivity index (χ1v) is 7.06. The van der Waals surface area contributed by atoms with E-state index in [9.17, 15) is 8.78 Å². The Bertz CT molecular complexity index is 627. The molecule has 2 rings (SSSR count). The summed E-state index contributed by atoms with van der Waals surface area (Å²) in [5, 5.41) is 4.16. The maximum atomic E-state index is 14.2. The van der Waals surface area contributed by atoms with Gasteiger partial charge in [-0.25, -0.2) is 13.5 Å². The van der Waals surface area contributed by atoms with Crippen LogP contribution in [0.3, 0.4) is 0 Å². The molecule has 2 N–H and O–H groups in total. The van der Waals surface area contributed by atoms with Crippen LogP contribution >= 0.6 is 15.9 Å². The monoisotopic (exact) mass is 343 g/mol. The highest BCUT2D eigenvalue weighted by Crippen LogP contribution is 2.26. The number of aromatic nitrogens is 2. The van der Waals surface area contributed by atoms with Crippen LogP contribution in [0.5, 0.6) is 0 Å². The molecule has 0 spiro atoms. The van der Waals surface area contributed by atoms with E-state index in [4.69, 9.17) is 5.73 Å². The Labute approximate surface area is 124 Å². The van der Waals surface area contributed by atoms with Crippen molar-refractivity contribution in [3.63, 3.8) is 0 Å². The molecule has 0 aliphatic rings. The van der Waals surface area contributed by atoms with Gasteiger partial charge in [-0.1, -0.05) is 0 Å². The maximum absolute atomic E-state index is 14.2. The largest absolute Gasteiger partial charge is 0.328 e. The zero-order chi connectivity index (χ0) is 15.0. The van der Waals surface area contributed by atoms with E-state index >= 15 is 0 Å². The molecule has 2 aromatic rings. The third kappa shape index (κ3) is 2.76. The van der Waals surface area contributed by atoms with Crippen LogP contribution in [0.2, 0.25) is 0 Å². The fourth-order valence-electron chi connectivity index (χ4n) is 2.15. The quantitative estimate of drug-likeness (QED) is 0.927. The molecule has 0 aliphatic carbocycles. The van der Waals surface area contributed by atoms with Gasteiger partial charge < -0.3 is 5.73 Å². The van der Waals surface area contributed by atoms with Gasteiger partial charge in [-0.3, -0.25) is 0 Å². The maximum Gasteiger partial charge on any atom is 0.152 e. The van der Waals surface area contributed by atoms with Gasteiger partial charge in [-0.2, -0.15) is 5.10 Å². The number of benzene rings is 1. The van der Waals surface area contributed by atoms with E-state index in [1.807, 2.05) is 0 Å². The average molecular weight is 344 g/mol.